The molecule has 2 rings (SSSR count). The summed E-state index contributed by atoms with van der Waals surface area (Å²) in [6.07, 6.45) is 0. The second-order valence-corrected chi connectivity index (χ2v) is 5.17. The molecule has 1 aliphatic rings. The number of fused-ring (bicyclic) bond motifs is 1. The first-order valence-corrected chi connectivity index (χ1v) is 6.06. The van der Waals surface area contributed by atoms with Gasteiger partial charge < -0.3 is 21.1 Å². The van der Waals surface area contributed by atoms with Gasteiger partial charge in [0.1, 0.15) is 5.69 Å². The summed E-state index contributed by atoms with van der Waals surface area (Å²) in [4.78, 5) is 21.9. The molecule has 1 aromatic carbocycles. The number of ether oxygens (including phenoxy) is 1. The number of nitrogens with one attached hydrogen (secondary N) is 2. The smallest absolute Gasteiger partial charge is 0.296 e. The minimum Gasteiger partial charge on any atom is -0.481 e. The van der Waals surface area contributed by atoms with Gasteiger partial charge in [-0.2, -0.15) is 0 Å². The monoisotopic (exact) mass is 280 g/mol. The molecule has 8 heteroatoms. The maximum Gasteiger partial charge on any atom is 0.296 e. The summed E-state index contributed by atoms with van der Waals surface area (Å²) in [6.45, 7) is 3.80. The number of nitro benzene ring substituents is 1. The van der Waals surface area contributed by atoms with E-state index < -0.39 is 10.5 Å². The van der Waals surface area contributed by atoms with Crippen LogP contribution in [0.1, 0.15) is 13.8 Å². The lowest BCUT2D eigenvalue weighted by Gasteiger charge is -2.26. The highest BCUT2D eigenvalue weighted by Crippen LogP contribution is 2.38. The van der Waals surface area contributed by atoms with E-state index >= 15 is 0 Å². The third-order valence-electron chi connectivity index (χ3n) is 2.91. The van der Waals surface area contributed by atoms with Crippen LogP contribution in [0.4, 0.5) is 17.1 Å². The molecule has 0 spiro atoms. The van der Waals surface area contributed by atoms with Crippen LogP contribution in [0.25, 0.3) is 0 Å². The zero-order valence-corrected chi connectivity index (χ0v) is 11.2. The van der Waals surface area contributed by atoms with Gasteiger partial charge in [-0.05, 0) is 19.9 Å². The number of anilines is 2. The van der Waals surface area contributed by atoms with Crippen LogP contribution in [0.15, 0.2) is 12.1 Å². The van der Waals surface area contributed by atoms with Crippen molar-refractivity contribution in [1.82, 2.24) is 0 Å². The van der Waals surface area contributed by atoms with Crippen LogP contribution in [0, 0.1) is 10.1 Å². The summed E-state index contributed by atoms with van der Waals surface area (Å²) in [5.74, 6) is -0.0113. The first kappa shape index (κ1) is 14.1. The number of hydrogen-bond acceptors (Lipinski definition) is 6. The van der Waals surface area contributed by atoms with Crippen molar-refractivity contribution in [3.8, 4) is 5.75 Å². The SMILES string of the molecule is CC(C)(CN)Nc1cc2c(cc1[N+](=O)[O-])OCC(=O)N2. The molecule has 4 N–H and O–H groups in total. The Labute approximate surface area is 115 Å². The number of carbonyl (C=O) groups excluding carboxylic acids is 1. The number of hydrogen-bond donors (Lipinski definition) is 3. The molecule has 0 atom stereocenters. The third kappa shape index (κ3) is 2.80. The summed E-state index contributed by atoms with van der Waals surface area (Å²) in [5.41, 5.74) is 5.67. The van der Waals surface area contributed by atoms with Crippen molar-refractivity contribution in [1.29, 1.82) is 0 Å². The number of nitro groups is 1. The predicted octanol–water partition coefficient (Wildman–Crippen LogP) is 1.07. The second-order valence-electron chi connectivity index (χ2n) is 5.17. The Morgan fingerprint density at radius 1 is 1.55 bits per heavy atom. The van der Waals surface area contributed by atoms with Gasteiger partial charge in [-0.15, -0.1) is 0 Å². The van der Waals surface area contributed by atoms with Gasteiger partial charge in [0.25, 0.3) is 11.6 Å². The van der Waals surface area contributed by atoms with E-state index in [2.05, 4.69) is 10.6 Å². The Kier molecular flexibility index (Phi) is 3.49. The lowest BCUT2D eigenvalue weighted by molar-refractivity contribution is -0.384. The van der Waals surface area contributed by atoms with Gasteiger partial charge in [-0.25, -0.2) is 0 Å². The number of carbonyl (C=O) groups is 1. The van der Waals surface area contributed by atoms with Crippen LogP contribution in [0.2, 0.25) is 0 Å². The Bertz CT molecular complexity index is 571. The average molecular weight is 280 g/mol. The van der Waals surface area contributed by atoms with E-state index in [0.29, 0.717) is 12.2 Å². The van der Waals surface area contributed by atoms with Gasteiger partial charge in [0, 0.05) is 12.1 Å². The quantitative estimate of drug-likeness (QED) is 0.560. The highest BCUT2D eigenvalue weighted by atomic mass is 16.6. The Balaban J connectivity index is 2.46. The molecule has 8 nitrogen and oxygen atoms in total. The summed E-state index contributed by atoms with van der Waals surface area (Å²) in [5, 5.41) is 16.8. The van der Waals surface area contributed by atoms with Gasteiger partial charge in [0.15, 0.2) is 12.4 Å². The van der Waals surface area contributed by atoms with Crippen molar-refractivity contribution in [2.45, 2.75) is 19.4 Å². The average Bonchev–Trinajstić information content (AvgIpc) is 2.37. The van der Waals surface area contributed by atoms with Gasteiger partial charge in [0.2, 0.25) is 0 Å². The molecule has 20 heavy (non-hydrogen) atoms. The Hall–Kier alpha value is -2.35. The van der Waals surface area contributed by atoms with Crippen LogP contribution in [-0.4, -0.2) is 29.5 Å². The molecule has 0 radical (unpaired) electrons. The fourth-order valence-corrected chi connectivity index (χ4v) is 1.78. The van der Waals surface area contributed by atoms with Crippen molar-refractivity contribution in [3.63, 3.8) is 0 Å². The second kappa shape index (κ2) is 4.97. The number of benzene rings is 1. The summed E-state index contributed by atoms with van der Waals surface area (Å²) >= 11 is 0. The molecular weight excluding hydrogens is 264 g/mol. The van der Waals surface area contributed by atoms with Crippen LogP contribution in [0.3, 0.4) is 0 Å². The predicted molar refractivity (Wildman–Crippen MR) is 74.0 cm³/mol. The molecule has 0 unspecified atom stereocenters. The highest BCUT2D eigenvalue weighted by Gasteiger charge is 2.26. The third-order valence-corrected chi connectivity index (χ3v) is 2.91. The maximum absolute atomic E-state index is 11.3. The lowest BCUT2D eigenvalue weighted by atomic mass is 10.0. The topological polar surface area (TPSA) is 120 Å². The molecule has 0 saturated heterocycles. The summed E-state index contributed by atoms with van der Waals surface area (Å²) < 4.78 is 5.17. The lowest BCUT2D eigenvalue weighted by Crippen LogP contribution is -2.39. The van der Waals surface area contributed by atoms with E-state index in [0.717, 1.165) is 0 Å². The van der Waals surface area contributed by atoms with E-state index in [1.54, 1.807) is 0 Å². The van der Waals surface area contributed by atoms with Gasteiger partial charge in [0.05, 0.1) is 16.7 Å². The molecule has 1 heterocycles. The van der Waals surface area contributed by atoms with Gasteiger partial charge in [-0.3, -0.25) is 14.9 Å². The minimum absolute atomic E-state index is 0.124. The molecule has 0 aromatic heterocycles. The normalized spacial score (nSPS) is 14.1. The van der Waals surface area contributed by atoms with Crippen LogP contribution in [-0.2, 0) is 4.79 Å². The van der Waals surface area contributed by atoms with Crippen LogP contribution in [0.5, 0.6) is 5.75 Å². The number of nitrogens with zero attached hydrogens (tertiary/aromatic N) is 1. The fraction of sp³-hybridized carbons (Fsp3) is 0.417. The zero-order chi connectivity index (χ0) is 14.9. The van der Waals surface area contributed by atoms with Crippen molar-refractivity contribution >= 4 is 23.0 Å². The number of rotatable bonds is 4. The van der Waals surface area contributed by atoms with E-state index in [4.69, 9.17) is 10.5 Å². The van der Waals surface area contributed by atoms with Crippen LogP contribution >= 0.6 is 0 Å². The van der Waals surface area contributed by atoms with E-state index in [1.165, 1.54) is 12.1 Å². The molecular formula is C12H16N4O4. The Morgan fingerprint density at radius 2 is 2.25 bits per heavy atom. The standard InChI is InChI=1S/C12H16N4O4/c1-12(2,6-13)15-7-3-8-10(4-9(7)16(18)19)20-5-11(17)14-8/h3-4,15H,5-6,13H2,1-2H3,(H,14,17). The summed E-state index contributed by atoms with van der Waals surface area (Å²) in [6, 6.07) is 2.78. The largest absolute Gasteiger partial charge is 0.481 e. The molecule has 1 amide bonds. The highest BCUT2D eigenvalue weighted by molar-refractivity contribution is 5.96. The van der Waals surface area contributed by atoms with E-state index in [9.17, 15) is 14.9 Å². The number of nitrogens with two attached hydrogens (primary N) is 1. The van der Waals surface area contributed by atoms with Crippen LogP contribution < -0.4 is 21.1 Å². The molecule has 0 bridgehead atoms. The van der Waals surface area contributed by atoms with Crippen molar-refractivity contribution in [3.05, 3.63) is 22.2 Å². The minimum atomic E-state index is -0.515. The molecule has 1 aliphatic heterocycles. The van der Waals surface area contributed by atoms with Gasteiger partial charge >= 0.3 is 0 Å². The first-order chi connectivity index (χ1) is 9.32. The van der Waals surface area contributed by atoms with Gasteiger partial charge in [-0.1, -0.05) is 0 Å². The molecule has 0 fully saturated rings. The van der Waals surface area contributed by atoms with E-state index in [1.807, 2.05) is 13.8 Å². The fourth-order valence-electron chi connectivity index (χ4n) is 1.78. The van der Waals surface area contributed by atoms with Crippen molar-refractivity contribution in [2.24, 2.45) is 5.73 Å². The molecule has 0 saturated carbocycles. The van der Waals surface area contributed by atoms with Crippen molar-refractivity contribution < 1.29 is 14.5 Å². The molecule has 108 valence electrons. The maximum atomic E-state index is 11.3. The Morgan fingerprint density at radius 3 is 2.85 bits per heavy atom. The molecule has 1 aromatic rings. The summed E-state index contributed by atoms with van der Waals surface area (Å²) in [7, 11) is 0. The molecule has 0 aliphatic carbocycles. The van der Waals surface area contributed by atoms with E-state index in [-0.39, 0.29) is 29.6 Å². The number of amides is 1. The first-order valence-electron chi connectivity index (χ1n) is 6.06. The zero-order valence-electron chi connectivity index (χ0n) is 11.2. The van der Waals surface area contributed by atoms with Crippen molar-refractivity contribution in [2.75, 3.05) is 23.8 Å².